The van der Waals surface area contributed by atoms with Gasteiger partial charge in [-0.2, -0.15) is 4.57 Å². The highest BCUT2D eigenvalue weighted by molar-refractivity contribution is 5.94. The molecule has 2 heteroatoms. The smallest absolute Gasteiger partial charge is 0.213 e. The predicted molar refractivity (Wildman–Crippen MR) is 116 cm³/mol. The molecule has 0 unspecified atom stereocenters. The maximum absolute atomic E-state index is 2.42. The molecule has 1 aliphatic heterocycles. The van der Waals surface area contributed by atoms with Crippen molar-refractivity contribution in [3.63, 3.8) is 0 Å². The minimum atomic E-state index is 0.387. The molecule has 0 spiro atoms. The van der Waals surface area contributed by atoms with Gasteiger partial charge >= 0.3 is 0 Å². The summed E-state index contributed by atoms with van der Waals surface area (Å²) >= 11 is 0. The summed E-state index contributed by atoms with van der Waals surface area (Å²) in [6, 6.07) is 22.6. The molecule has 2 aromatic carbocycles. The number of aromatic nitrogens is 1. The first-order valence-electron chi connectivity index (χ1n) is 9.77. The van der Waals surface area contributed by atoms with Crippen LogP contribution in [0.5, 0.6) is 0 Å². The number of pyridine rings is 1. The van der Waals surface area contributed by atoms with Crippen LogP contribution in [-0.2, 0) is 0 Å². The highest BCUT2D eigenvalue weighted by Crippen LogP contribution is 2.34. The van der Waals surface area contributed by atoms with E-state index in [4.69, 9.17) is 0 Å². The van der Waals surface area contributed by atoms with E-state index in [1.54, 1.807) is 0 Å². The highest BCUT2D eigenvalue weighted by Gasteiger charge is 2.21. The molecule has 136 valence electrons. The van der Waals surface area contributed by atoms with E-state index in [2.05, 4.69) is 116 Å². The number of anilines is 1. The molecule has 2 nitrogen and oxygen atoms in total. The Kier molecular flexibility index (Phi) is 4.57. The van der Waals surface area contributed by atoms with Crippen LogP contribution in [0.4, 0.5) is 5.69 Å². The fraction of sp³-hybridized carbons (Fsp3) is 0.240. The van der Waals surface area contributed by atoms with Crippen molar-refractivity contribution in [2.45, 2.75) is 39.8 Å². The molecule has 0 saturated heterocycles. The fourth-order valence-electron chi connectivity index (χ4n) is 3.95. The lowest BCUT2D eigenvalue weighted by Gasteiger charge is -2.31. The molecular weight excluding hydrogens is 328 g/mol. The van der Waals surface area contributed by atoms with Crippen LogP contribution in [0.1, 0.15) is 45.0 Å². The molecule has 3 aromatic rings. The first-order valence-corrected chi connectivity index (χ1v) is 9.77. The summed E-state index contributed by atoms with van der Waals surface area (Å²) < 4.78 is 2.42. The molecular formula is C25H27N2+. The van der Waals surface area contributed by atoms with Crippen molar-refractivity contribution in [2.24, 2.45) is 0 Å². The Hall–Kier alpha value is -2.87. The summed E-state index contributed by atoms with van der Waals surface area (Å²) in [6.07, 6.45) is 6.77. The minimum Gasteiger partial charge on any atom is -0.345 e. The molecule has 0 radical (unpaired) electrons. The van der Waals surface area contributed by atoms with Gasteiger partial charge in [0.25, 0.3) is 0 Å². The molecule has 0 fully saturated rings. The van der Waals surface area contributed by atoms with Crippen LogP contribution in [0, 0.1) is 0 Å². The average Bonchev–Trinajstić information content (AvgIpc) is 2.67. The zero-order chi connectivity index (χ0) is 19.0. The summed E-state index contributed by atoms with van der Waals surface area (Å²) in [5.74, 6) is 0. The Morgan fingerprint density at radius 3 is 2.37 bits per heavy atom. The van der Waals surface area contributed by atoms with E-state index in [1.807, 2.05) is 0 Å². The molecule has 0 N–H and O–H groups in total. The van der Waals surface area contributed by atoms with Crippen LogP contribution in [-0.4, -0.2) is 6.04 Å². The van der Waals surface area contributed by atoms with Gasteiger partial charge in [-0.15, -0.1) is 0 Å². The first kappa shape index (κ1) is 17.5. The van der Waals surface area contributed by atoms with E-state index < -0.39 is 0 Å². The lowest BCUT2D eigenvalue weighted by molar-refractivity contribution is -0.693. The monoisotopic (exact) mass is 355 g/mol. The van der Waals surface area contributed by atoms with E-state index in [1.165, 1.54) is 33.4 Å². The van der Waals surface area contributed by atoms with E-state index in [0.717, 1.165) is 0 Å². The number of para-hydroxylation sites is 2. The van der Waals surface area contributed by atoms with Gasteiger partial charge in [-0.3, -0.25) is 0 Å². The summed E-state index contributed by atoms with van der Waals surface area (Å²) in [6.45, 7) is 8.96. The van der Waals surface area contributed by atoms with Gasteiger partial charge in [0.2, 0.25) is 11.2 Å². The Bertz CT molecular complexity index is 1040. The van der Waals surface area contributed by atoms with Gasteiger partial charge in [0, 0.05) is 47.1 Å². The quantitative estimate of drug-likeness (QED) is 0.523. The van der Waals surface area contributed by atoms with E-state index in [9.17, 15) is 0 Å². The van der Waals surface area contributed by atoms with Crippen LogP contribution in [0.15, 0.2) is 72.9 Å². The topological polar surface area (TPSA) is 7.12 Å². The van der Waals surface area contributed by atoms with Crippen LogP contribution >= 0.6 is 0 Å². The number of nitrogens with zero attached hydrogens (tertiary/aromatic N) is 2. The fourth-order valence-corrected chi connectivity index (χ4v) is 3.95. The molecule has 27 heavy (non-hydrogen) atoms. The van der Waals surface area contributed by atoms with Gasteiger partial charge in [0.15, 0.2) is 6.04 Å². The number of allylic oxidation sites excluding steroid dienone is 2. The van der Waals surface area contributed by atoms with Crippen molar-refractivity contribution in [3.8, 4) is 0 Å². The summed E-state index contributed by atoms with van der Waals surface area (Å²) in [5, 5.41) is 1.28. The van der Waals surface area contributed by atoms with Crippen molar-refractivity contribution in [3.05, 3.63) is 84.2 Å². The summed E-state index contributed by atoms with van der Waals surface area (Å²) in [4.78, 5) is 2.34. The van der Waals surface area contributed by atoms with Gasteiger partial charge in [-0.05, 0) is 57.5 Å². The van der Waals surface area contributed by atoms with E-state index >= 15 is 0 Å². The molecule has 0 aliphatic carbocycles. The Morgan fingerprint density at radius 2 is 1.59 bits per heavy atom. The van der Waals surface area contributed by atoms with Crippen LogP contribution in [0.3, 0.4) is 0 Å². The highest BCUT2D eigenvalue weighted by atomic mass is 15.1. The van der Waals surface area contributed by atoms with Gasteiger partial charge in [0.05, 0.1) is 0 Å². The predicted octanol–water partition coefficient (Wildman–Crippen LogP) is 5.99. The Morgan fingerprint density at radius 1 is 0.852 bits per heavy atom. The van der Waals surface area contributed by atoms with Gasteiger partial charge in [0.1, 0.15) is 0 Å². The van der Waals surface area contributed by atoms with E-state index in [-0.39, 0.29) is 0 Å². The third-order valence-corrected chi connectivity index (χ3v) is 5.19. The Balaban J connectivity index is 1.90. The molecule has 0 amide bonds. The molecule has 1 aliphatic rings. The molecule has 0 bridgehead atoms. The summed E-state index contributed by atoms with van der Waals surface area (Å²) in [7, 11) is 0. The lowest BCUT2D eigenvalue weighted by atomic mass is 9.97. The van der Waals surface area contributed by atoms with Gasteiger partial charge < -0.3 is 4.90 Å². The molecule has 2 heterocycles. The van der Waals surface area contributed by atoms with Crippen molar-refractivity contribution in [1.82, 2.24) is 0 Å². The van der Waals surface area contributed by atoms with Gasteiger partial charge in [-0.1, -0.05) is 30.3 Å². The molecule has 0 saturated carbocycles. The SMILES string of the molecule is CC(C)N1C=C/C(=C\c2ccc3ccccc3[n+]2C(C)C)c2ccccc21. The number of rotatable bonds is 3. The van der Waals surface area contributed by atoms with Crippen LogP contribution in [0.25, 0.3) is 22.6 Å². The van der Waals surface area contributed by atoms with Crippen molar-refractivity contribution in [2.75, 3.05) is 4.90 Å². The maximum Gasteiger partial charge on any atom is 0.213 e. The first-order chi connectivity index (χ1) is 13.1. The number of hydrogen-bond acceptors (Lipinski definition) is 1. The number of benzene rings is 2. The normalized spacial score (nSPS) is 15.2. The van der Waals surface area contributed by atoms with Crippen LogP contribution in [0.2, 0.25) is 0 Å². The average molecular weight is 356 g/mol. The second-order valence-electron chi connectivity index (χ2n) is 7.71. The zero-order valence-corrected chi connectivity index (χ0v) is 16.6. The van der Waals surface area contributed by atoms with Crippen LogP contribution < -0.4 is 9.47 Å². The zero-order valence-electron chi connectivity index (χ0n) is 16.6. The largest absolute Gasteiger partial charge is 0.345 e. The van der Waals surface area contributed by atoms with Crippen molar-refractivity contribution >= 4 is 28.2 Å². The maximum atomic E-state index is 2.42. The second kappa shape index (κ2) is 7.03. The standard InChI is InChI=1S/C25H27N2/c1-18(2)26-16-15-21(23-10-6-8-12-25(23)26)17-22-14-13-20-9-5-7-11-24(20)27(22)19(3)4/h5-19H,1-4H3/q+1. The third kappa shape index (κ3) is 3.16. The van der Waals surface area contributed by atoms with E-state index in [0.29, 0.717) is 12.1 Å². The summed E-state index contributed by atoms with van der Waals surface area (Å²) in [5.41, 5.74) is 6.33. The molecule has 0 atom stereocenters. The van der Waals surface area contributed by atoms with Gasteiger partial charge in [-0.25, -0.2) is 0 Å². The third-order valence-electron chi connectivity index (χ3n) is 5.19. The Labute approximate surface area is 162 Å². The minimum absolute atomic E-state index is 0.387. The molecule has 1 aromatic heterocycles. The molecule has 4 rings (SSSR count). The number of fused-ring (bicyclic) bond motifs is 2. The lowest BCUT2D eigenvalue weighted by Crippen LogP contribution is -2.40. The van der Waals surface area contributed by atoms with Crippen molar-refractivity contribution < 1.29 is 4.57 Å². The second-order valence-corrected chi connectivity index (χ2v) is 7.71. The number of hydrogen-bond donors (Lipinski definition) is 0. The van der Waals surface area contributed by atoms with Crippen molar-refractivity contribution in [1.29, 1.82) is 0 Å².